The van der Waals surface area contributed by atoms with Crippen molar-refractivity contribution in [3.05, 3.63) is 77.1 Å². The van der Waals surface area contributed by atoms with E-state index >= 15 is 0 Å². The number of hydrogen-bond acceptors (Lipinski definition) is 6. The summed E-state index contributed by atoms with van der Waals surface area (Å²) < 4.78 is 44.8. The molecule has 2 heterocycles. The summed E-state index contributed by atoms with van der Waals surface area (Å²) in [6, 6.07) is 5.10. The van der Waals surface area contributed by atoms with Gasteiger partial charge < -0.3 is 19.3 Å². The van der Waals surface area contributed by atoms with Crippen LogP contribution in [0.15, 0.2) is 71.6 Å². The van der Waals surface area contributed by atoms with Gasteiger partial charge in [0.05, 0.1) is 12.1 Å². The highest BCUT2D eigenvalue weighted by atomic mass is 32.2. The van der Waals surface area contributed by atoms with E-state index in [1.54, 1.807) is 18.2 Å². The van der Waals surface area contributed by atoms with Crippen LogP contribution in [0.25, 0.3) is 10.9 Å². The maximum absolute atomic E-state index is 13.5. The molecule has 8 nitrogen and oxygen atoms in total. The summed E-state index contributed by atoms with van der Waals surface area (Å²) >= 11 is 0. The fraction of sp³-hybridized carbons (Fsp3) is 0.292. The van der Waals surface area contributed by atoms with Crippen molar-refractivity contribution in [2.45, 2.75) is 39.0 Å². The molecule has 9 heteroatoms. The van der Waals surface area contributed by atoms with E-state index in [0.29, 0.717) is 41.0 Å². The quantitative estimate of drug-likeness (QED) is 0.570. The van der Waals surface area contributed by atoms with Gasteiger partial charge in [0.2, 0.25) is 0 Å². The van der Waals surface area contributed by atoms with Crippen molar-refractivity contribution < 1.29 is 32.5 Å². The molecule has 33 heavy (non-hydrogen) atoms. The molecule has 0 fully saturated rings. The summed E-state index contributed by atoms with van der Waals surface area (Å²) in [6.45, 7) is 2.26. The van der Waals surface area contributed by atoms with E-state index in [4.69, 9.17) is 19.3 Å². The van der Waals surface area contributed by atoms with Gasteiger partial charge in [-0.05, 0) is 43.9 Å². The molecule has 0 radical (unpaired) electrons. The van der Waals surface area contributed by atoms with Crippen LogP contribution in [0, 0.1) is 0 Å². The van der Waals surface area contributed by atoms with Gasteiger partial charge in [0.25, 0.3) is 5.09 Å². The van der Waals surface area contributed by atoms with E-state index in [1.807, 2.05) is 19.1 Å². The molecule has 0 atom stereocenters. The minimum absolute atomic E-state index is 0.120. The fourth-order valence-corrected chi connectivity index (χ4v) is 5.06. The highest BCUT2D eigenvalue weighted by Crippen LogP contribution is 2.32. The Hall–Kier alpha value is -3.46. The predicted molar refractivity (Wildman–Crippen MR) is 123 cm³/mol. The van der Waals surface area contributed by atoms with Gasteiger partial charge in [-0.3, -0.25) is 4.79 Å². The Morgan fingerprint density at radius 3 is 2.85 bits per heavy atom. The Balaban J connectivity index is 1.67. The average molecular weight is 472 g/mol. The minimum atomic E-state index is -4.16. The number of nitrogens with zero attached hydrogens (tertiary/aromatic N) is 1. The smallest absolute Gasteiger partial charge is 0.304 e. The van der Waals surface area contributed by atoms with E-state index in [9.17, 15) is 13.2 Å². The van der Waals surface area contributed by atoms with Crippen LogP contribution in [0.2, 0.25) is 0 Å². The third kappa shape index (κ3) is 4.98. The molecule has 0 saturated carbocycles. The number of allylic oxidation sites excluding steroid dienone is 4. The Kier molecular flexibility index (Phi) is 6.60. The van der Waals surface area contributed by atoms with Crippen LogP contribution in [0.5, 0.6) is 5.75 Å². The van der Waals surface area contributed by atoms with Crippen molar-refractivity contribution in [3.8, 4) is 5.75 Å². The number of carboxylic acids is 1. The number of carbonyl (C=O) groups is 1. The van der Waals surface area contributed by atoms with Crippen LogP contribution in [-0.2, 0) is 30.7 Å². The zero-order chi connectivity index (χ0) is 23.4. The maximum atomic E-state index is 13.5. The molecule has 2 aromatic rings. The summed E-state index contributed by atoms with van der Waals surface area (Å²) in [6.07, 6.45) is 12.2. The Labute approximate surface area is 192 Å². The van der Waals surface area contributed by atoms with Crippen LogP contribution in [-0.4, -0.2) is 30.1 Å². The molecule has 1 aliphatic heterocycles. The number of aliphatic carboxylic acids is 1. The van der Waals surface area contributed by atoms with E-state index in [-0.39, 0.29) is 17.9 Å². The molecule has 1 aromatic heterocycles. The van der Waals surface area contributed by atoms with Gasteiger partial charge in [-0.25, -0.2) is 3.97 Å². The molecule has 0 saturated heterocycles. The monoisotopic (exact) mass is 471 g/mol. The van der Waals surface area contributed by atoms with E-state index in [2.05, 4.69) is 6.08 Å². The van der Waals surface area contributed by atoms with Gasteiger partial charge in [-0.15, -0.1) is 0 Å². The van der Waals surface area contributed by atoms with Gasteiger partial charge in [-0.1, -0.05) is 23.8 Å². The number of hydrogen-bond donors (Lipinski definition) is 1. The molecule has 4 rings (SSSR count). The maximum Gasteiger partial charge on any atom is 0.304 e. The average Bonchev–Trinajstić information content (AvgIpc) is 3.17. The molecule has 0 unspecified atom stereocenters. The van der Waals surface area contributed by atoms with Crippen LogP contribution in [0.3, 0.4) is 0 Å². The Morgan fingerprint density at radius 2 is 2.12 bits per heavy atom. The number of aryl methyl sites for hydroxylation is 1. The molecular weight excluding hydrogens is 446 g/mol. The van der Waals surface area contributed by atoms with Crippen LogP contribution in [0.4, 0.5) is 0 Å². The molecule has 0 spiro atoms. The summed E-state index contributed by atoms with van der Waals surface area (Å²) in [5, 5.41) is 9.39. The van der Waals surface area contributed by atoms with Crippen molar-refractivity contribution in [2.24, 2.45) is 0 Å². The fourth-order valence-electron chi connectivity index (χ4n) is 3.80. The lowest BCUT2D eigenvalue weighted by atomic mass is 10.0. The van der Waals surface area contributed by atoms with E-state index in [0.717, 1.165) is 28.6 Å². The SMILES string of the molecule is CCOc1ccc2c(CCC(=O)O)cn(S(=O)(=O)C3=COC=C(CC4=CC=CCC4)O3)c2c1. The largest absolute Gasteiger partial charge is 0.494 e. The Morgan fingerprint density at radius 1 is 1.27 bits per heavy atom. The third-order valence-corrected chi connectivity index (χ3v) is 6.86. The number of fused-ring (bicyclic) bond motifs is 1. The van der Waals surface area contributed by atoms with Gasteiger partial charge in [-0.2, -0.15) is 8.42 Å². The Bertz CT molecular complexity index is 1300. The lowest BCUT2D eigenvalue weighted by Gasteiger charge is -2.19. The summed E-state index contributed by atoms with van der Waals surface area (Å²) in [7, 11) is -4.16. The highest BCUT2D eigenvalue weighted by molar-refractivity contribution is 7.93. The minimum Gasteiger partial charge on any atom is -0.494 e. The van der Waals surface area contributed by atoms with Gasteiger partial charge in [0.15, 0.2) is 0 Å². The van der Waals surface area contributed by atoms with Crippen molar-refractivity contribution in [2.75, 3.05) is 6.61 Å². The lowest BCUT2D eigenvalue weighted by molar-refractivity contribution is -0.136. The van der Waals surface area contributed by atoms with Crippen LogP contribution < -0.4 is 4.74 Å². The van der Waals surface area contributed by atoms with Gasteiger partial charge in [0, 0.05) is 30.5 Å². The first kappa shape index (κ1) is 22.7. The third-order valence-electron chi connectivity index (χ3n) is 5.35. The highest BCUT2D eigenvalue weighted by Gasteiger charge is 2.29. The first-order chi connectivity index (χ1) is 15.9. The molecule has 0 amide bonds. The second kappa shape index (κ2) is 9.58. The standard InChI is InChI=1S/C24H25NO7S/c1-2-31-19-9-10-21-18(8-11-23(26)27)14-25(22(21)13-19)33(28,29)24-16-30-15-20(32-24)12-17-6-4-3-5-7-17/h3-4,6,9-10,13-16H,2,5,7-8,11-12H2,1H3,(H,26,27). The summed E-state index contributed by atoms with van der Waals surface area (Å²) in [5.41, 5.74) is 2.10. The summed E-state index contributed by atoms with van der Waals surface area (Å²) in [4.78, 5) is 11.1. The topological polar surface area (TPSA) is 104 Å². The molecule has 2 aliphatic rings. The van der Waals surface area contributed by atoms with Crippen molar-refractivity contribution in [1.82, 2.24) is 3.97 Å². The number of carboxylic acid groups (broad SMARTS) is 1. The lowest BCUT2D eigenvalue weighted by Crippen LogP contribution is -2.18. The molecule has 1 aliphatic carbocycles. The number of ether oxygens (including phenoxy) is 3. The molecule has 0 bridgehead atoms. The van der Waals surface area contributed by atoms with Crippen molar-refractivity contribution >= 4 is 26.9 Å². The van der Waals surface area contributed by atoms with Gasteiger partial charge in [0.1, 0.15) is 24.0 Å². The van der Waals surface area contributed by atoms with Crippen molar-refractivity contribution in [1.29, 1.82) is 0 Å². The van der Waals surface area contributed by atoms with Crippen LogP contribution in [0.1, 0.15) is 38.2 Å². The van der Waals surface area contributed by atoms with E-state index in [1.165, 1.54) is 12.5 Å². The summed E-state index contributed by atoms with van der Waals surface area (Å²) in [5.74, 6) is -0.0507. The zero-order valence-corrected chi connectivity index (χ0v) is 19.0. The van der Waals surface area contributed by atoms with Crippen molar-refractivity contribution in [3.63, 3.8) is 0 Å². The number of aromatic nitrogens is 1. The normalized spacial score (nSPS) is 15.8. The van der Waals surface area contributed by atoms with E-state index < -0.39 is 16.0 Å². The van der Waals surface area contributed by atoms with Gasteiger partial charge >= 0.3 is 16.0 Å². The molecular formula is C24H25NO7S. The second-order valence-corrected chi connectivity index (χ2v) is 9.43. The first-order valence-corrected chi connectivity index (χ1v) is 12.1. The predicted octanol–water partition coefficient (Wildman–Crippen LogP) is 4.59. The molecule has 174 valence electrons. The molecule has 1 aromatic carbocycles. The number of rotatable bonds is 9. The number of benzene rings is 1. The second-order valence-electron chi connectivity index (χ2n) is 7.69. The van der Waals surface area contributed by atoms with Crippen LogP contribution >= 0.6 is 0 Å². The molecule has 1 N–H and O–H groups in total. The first-order valence-electron chi connectivity index (χ1n) is 10.7. The zero-order valence-electron chi connectivity index (χ0n) is 18.2.